The van der Waals surface area contributed by atoms with Crippen molar-refractivity contribution in [3.8, 4) is 11.1 Å². The number of hydrogen-bond acceptors (Lipinski definition) is 4. The Balaban J connectivity index is 1.06. The van der Waals surface area contributed by atoms with E-state index in [0.717, 1.165) is 67.8 Å². The Bertz CT molecular complexity index is 3100. The molecular weight excluding hydrogens is 683 g/mol. The van der Waals surface area contributed by atoms with E-state index in [2.05, 4.69) is 152 Å². The minimum absolute atomic E-state index is 0.220. The summed E-state index contributed by atoms with van der Waals surface area (Å²) in [5, 5.41) is 11.1. The minimum atomic E-state index is -0.394. The number of furan rings is 1. The molecule has 0 saturated carbocycles. The van der Waals surface area contributed by atoms with E-state index >= 15 is 0 Å². The molecule has 2 atom stereocenters. The summed E-state index contributed by atoms with van der Waals surface area (Å²) < 4.78 is 6.63. The van der Waals surface area contributed by atoms with E-state index in [9.17, 15) is 0 Å². The van der Waals surface area contributed by atoms with Gasteiger partial charge >= 0.3 is 0 Å². The molecule has 266 valence electrons. The molecule has 8 aromatic carbocycles. The van der Waals surface area contributed by atoms with Gasteiger partial charge in [-0.05, 0) is 79.5 Å². The number of aliphatic imine (C=N–C) groups is 2. The second-order valence-electron chi connectivity index (χ2n) is 15.2. The van der Waals surface area contributed by atoms with Crippen LogP contribution in [0.15, 0.2) is 190 Å². The summed E-state index contributed by atoms with van der Waals surface area (Å²) in [6.45, 7) is 2.38. The lowest BCUT2D eigenvalue weighted by Crippen LogP contribution is -2.36. The highest BCUT2D eigenvalue weighted by atomic mass is 16.3. The fourth-order valence-corrected chi connectivity index (χ4v) is 8.89. The average molecular weight is 720 g/mol. The van der Waals surface area contributed by atoms with E-state index in [1.807, 2.05) is 42.5 Å². The molecule has 0 bridgehead atoms. The van der Waals surface area contributed by atoms with Gasteiger partial charge in [0.25, 0.3) is 0 Å². The number of amidine groups is 2. The minimum Gasteiger partial charge on any atom is -0.456 e. The molecular formula is C52H37N3O. The van der Waals surface area contributed by atoms with Gasteiger partial charge < -0.3 is 9.73 Å². The lowest BCUT2D eigenvalue weighted by atomic mass is 9.71. The van der Waals surface area contributed by atoms with Crippen molar-refractivity contribution < 1.29 is 4.42 Å². The van der Waals surface area contributed by atoms with Crippen molar-refractivity contribution in [3.63, 3.8) is 0 Å². The van der Waals surface area contributed by atoms with Crippen LogP contribution in [0.25, 0.3) is 60.7 Å². The Morgan fingerprint density at radius 1 is 0.554 bits per heavy atom. The summed E-state index contributed by atoms with van der Waals surface area (Å²) in [6, 6.07) is 60.1. The molecule has 2 aliphatic rings. The van der Waals surface area contributed by atoms with Gasteiger partial charge in [0, 0.05) is 27.3 Å². The molecule has 4 nitrogen and oxygen atoms in total. The van der Waals surface area contributed by atoms with Crippen LogP contribution in [0.5, 0.6) is 0 Å². The fourth-order valence-electron chi connectivity index (χ4n) is 8.89. The highest BCUT2D eigenvalue weighted by Gasteiger charge is 2.31. The Morgan fingerprint density at radius 3 is 1.96 bits per heavy atom. The van der Waals surface area contributed by atoms with Gasteiger partial charge in [0.2, 0.25) is 0 Å². The van der Waals surface area contributed by atoms with Crippen LogP contribution in [-0.4, -0.2) is 11.7 Å². The Labute approximate surface area is 325 Å². The fraction of sp³-hybridized carbons (Fsp3) is 0.0769. The standard InChI is InChI=1S/C52H37N3O/c1-52(28-27-42-40-23-9-8-21-38(40)39-22-10-11-24-41(39)45(42)32-52)37-20-14-19-35(29-37)44-30-36(31-47-48(44)43-25-12-13-26-46(43)56-47)51-54-49(33-15-4-2-5-16-33)53-50(55-51)34-17-6-3-7-18-34/h2-31,49H,32H2,1H3,(H,53,54,55). The van der Waals surface area contributed by atoms with Crippen molar-refractivity contribution in [2.75, 3.05) is 0 Å². The first-order valence-corrected chi connectivity index (χ1v) is 19.3. The van der Waals surface area contributed by atoms with Crippen molar-refractivity contribution in [1.29, 1.82) is 0 Å². The van der Waals surface area contributed by atoms with E-state index < -0.39 is 6.17 Å². The van der Waals surface area contributed by atoms with Crippen molar-refractivity contribution in [2.24, 2.45) is 9.98 Å². The molecule has 1 aliphatic heterocycles. The van der Waals surface area contributed by atoms with Crippen molar-refractivity contribution in [2.45, 2.75) is 24.9 Å². The number of hydrogen-bond donors (Lipinski definition) is 1. The van der Waals surface area contributed by atoms with E-state index in [0.29, 0.717) is 0 Å². The maximum absolute atomic E-state index is 6.63. The lowest BCUT2D eigenvalue weighted by molar-refractivity contribution is 0.590. The van der Waals surface area contributed by atoms with Gasteiger partial charge in [-0.2, -0.15) is 0 Å². The molecule has 0 spiro atoms. The molecule has 56 heavy (non-hydrogen) atoms. The van der Waals surface area contributed by atoms with E-state index in [1.165, 1.54) is 38.2 Å². The van der Waals surface area contributed by atoms with Gasteiger partial charge in [-0.15, -0.1) is 0 Å². The second kappa shape index (κ2) is 12.8. The predicted molar refractivity (Wildman–Crippen MR) is 233 cm³/mol. The quantitative estimate of drug-likeness (QED) is 0.180. The smallest absolute Gasteiger partial charge is 0.169 e. The molecule has 4 heteroatoms. The molecule has 2 heterocycles. The van der Waals surface area contributed by atoms with Crippen LogP contribution in [-0.2, 0) is 11.8 Å². The van der Waals surface area contributed by atoms with Gasteiger partial charge in [-0.3, -0.25) is 0 Å². The Kier molecular flexibility index (Phi) is 7.39. The monoisotopic (exact) mass is 719 g/mol. The maximum atomic E-state index is 6.63. The number of para-hydroxylation sites is 1. The summed E-state index contributed by atoms with van der Waals surface area (Å²) in [6.07, 6.45) is 5.30. The number of nitrogens with one attached hydrogen (secondary N) is 1. The summed E-state index contributed by atoms with van der Waals surface area (Å²) in [7, 11) is 0. The number of allylic oxidation sites excluding steroid dienone is 1. The normalized spacial score (nSPS) is 17.8. The van der Waals surface area contributed by atoms with E-state index in [4.69, 9.17) is 14.4 Å². The molecule has 2 unspecified atom stereocenters. The van der Waals surface area contributed by atoms with E-state index in [1.54, 1.807) is 0 Å². The second-order valence-corrected chi connectivity index (χ2v) is 15.2. The van der Waals surface area contributed by atoms with Crippen LogP contribution in [0, 0.1) is 0 Å². The molecule has 9 aromatic rings. The van der Waals surface area contributed by atoms with Gasteiger partial charge in [0.05, 0.1) is 0 Å². The van der Waals surface area contributed by atoms with Gasteiger partial charge in [-0.1, -0.05) is 171 Å². The number of fused-ring (bicyclic) bond motifs is 9. The van der Waals surface area contributed by atoms with Crippen molar-refractivity contribution >= 4 is 61.2 Å². The number of benzene rings is 8. The third-order valence-corrected chi connectivity index (χ3v) is 11.7. The highest BCUT2D eigenvalue weighted by Crippen LogP contribution is 2.44. The Morgan fingerprint density at radius 2 is 1.18 bits per heavy atom. The van der Waals surface area contributed by atoms with Crippen LogP contribution in [0.2, 0.25) is 0 Å². The molecule has 11 rings (SSSR count). The maximum Gasteiger partial charge on any atom is 0.169 e. The lowest BCUT2D eigenvalue weighted by Gasteiger charge is -2.33. The molecule has 0 radical (unpaired) electrons. The highest BCUT2D eigenvalue weighted by molar-refractivity contribution is 6.20. The third-order valence-electron chi connectivity index (χ3n) is 11.7. The van der Waals surface area contributed by atoms with E-state index in [-0.39, 0.29) is 5.41 Å². The zero-order valence-corrected chi connectivity index (χ0v) is 30.9. The summed E-state index contributed by atoms with van der Waals surface area (Å²) >= 11 is 0. The van der Waals surface area contributed by atoms with Crippen LogP contribution in [0.3, 0.4) is 0 Å². The zero-order chi connectivity index (χ0) is 37.2. The zero-order valence-electron chi connectivity index (χ0n) is 30.9. The molecule has 1 N–H and O–H groups in total. The first kappa shape index (κ1) is 32.4. The number of rotatable bonds is 5. The molecule has 1 aliphatic carbocycles. The molecule has 1 aromatic heterocycles. The third kappa shape index (κ3) is 5.29. The largest absolute Gasteiger partial charge is 0.456 e. The first-order chi connectivity index (χ1) is 27.6. The SMILES string of the molecule is CC1(c2cccc(-c3cc(C4=NC(c5ccccc5)N=C(c5ccccc5)N4)cc4oc5ccccc5c34)c2)C=Cc2c(c3ccccc3c3ccccc23)C1. The summed E-state index contributed by atoms with van der Waals surface area (Å²) in [5.41, 5.74) is 10.7. The van der Waals surface area contributed by atoms with Crippen molar-refractivity contribution in [3.05, 3.63) is 209 Å². The van der Waals surface area contributed by atoms with Crippen LogP contribution in [0.4, 0.5) is 0 Å². The van der Waals surface area contributed by atoms with Crippen LogP contribution in [0.1, 0.15) is 46.5 Å². The number of nitrogens with zero attached hydrogens (tertiary/aromatic N) is 2. The average Bonchev–Trinajstić information content (AvgIpc) is 3.65. The van der Waals surface area contributed by atoms with Gasteiger partial charge in [-0.25, -0.2) is 9.98 Å². The molecule has 0 amide bonds. The molecule has 0 saturated heterocycles. The Hall–Kier alpha value is -7.04. The topological polar surface area (TPSA) is 49.9 Å². The van der Waals surface area contributed by atoms with Gasteiger partial charge in [0.1, 0.15) is 22.8 Å². The predicted octanol–water partition coefficient (Wildman–Crippen LogP) is 12.6. The summed E-state index contributed by atoms with van der Waals surface area (Å²) in [4.78, 5) is 10.3. The van der Waals surface area contributed by atoms with Gasteiger partial charge in [0.15, 0.2) is 6.17 Å². The van der Waals surface area contributed by atoms with Crippen LogP contribution >= 0.6 is 0 Å². The first-order valence-electron chi connectivity index (χ1n) is 19.3. The van der Waals surface area contributed by atoms with Crippen molar-refractivity contribution in [1.82, 2.24) is 5.32 Å². The summed E-state index contributed by atoms with van der Waals surface area (Å²) in [5.74, 6) is 1.54. The molecule has 0 fully saturated rings. The van der Waals surface area contributed by atoms with Crippen LogP contribution < -0.4 is 5.32 Å².